The summed E-state index contributed by atoms with van der Waals surface area (Å²) in [7, 11) is 0. The highest BCUT2D eigenvalue weighted by Crippen LogP contribution is 2.52. The third-order valence-electron chi connectivity index (χ3n) is 9.86. The molecule has 0 fully saturated rings. The molecule has 0 N–H and O–H groups in total. The molecule has 0 amide bonds. The summed E-state index contributed by atoms with van der Waals surface area (Å²) in [5, 5.41) is 2.22. The van der Waals surface area contributed by atoms with Crippen LogP contribution in [0.1, 0.15) is 25.0 Å². The van der Waals surface area contributed by atoms with Crippen molar-refractivity contribution in [2.45, 2.75) is 19.3 Å². The van der Waals surface area contributed by atoms with Crippen LogP contribution in [0.3, 0.4) is 0 Å². The molecule has 1 aliphatic carbocycles. The van der Waals surface area contributed by atoms with Crippen molar-refractivity contribution in [2.24, 2.45) is 0 Å². The Morgan fingerprint density at radius 2 is 1.09 bits per heavy atom. The van der Waals surface area contributed by atoms with Crippen LogP contribution in [-0.2, 0) is 5.41 Å². The minimum Gasteiger partial charge on any atom is -0.454 e. The van der Waals surface area contributed by atoms with Gasteiger partial charge < -0.3 is 9.32 Å². The highest BCUT2D eigenvalue weighted by molar-refractivity contribution is 6.12. The Hall–Kier alpha value is -5.86. The molecular weight excluding hydrogens is 571 g/mol. The van der Waals surface area contributed by atoms with Crippen LogP contribution < -0.4 is 4.90 Å². The summed E-state index contributed by atoms with van der Waals surface area (Å²) in [5.74, 6) is 0. The summed E-state index contributed by atoms with van der Waals surface area (Å²) in [6.07, 6.45) is 0. The number of benzene rings is 7. The van der Waals surface area contributed by atoms with Gasteiger partial charge in [-0.3, -0.25) is 0 Å². The van der Waals surface area contributed by atoms with Crippen LogP contribution in [0.5, 0.6) is 0 Å². The van der Waals surface area contributed by atoms with Crippen molar-refractivity contribution in [3.63, 3.8) is 0 Å². The Bertz CT molecular complexity index is 2440. The van der Waals surface area contributed by atoms with E-state index in [9.17, 15) is 0 Å². The Morgan fingerprint density at radius 1 is 0.447 bits per heavy atom. The van der Waals surface area contributed by atoms with Gasteiger partial charge in [-0.1, -0.05) is 141 Å². The summed E-state index contributed by atoms with van der Waals surface area (Å²) in [4.78, 5) is 2.42. The van der Waals surface area contributed by atoms with Gasteiger partial charge in [-0.15, -0.1) is 0 Å². The Morgan fingerprint density at radius 3 is 1.89 bits per heavy atom. The van der Waals surface area contributed by atoms with Crippen LogP contribution in [0.15, 0.2) is 168 Å². The molecule has 0 unspecified atom stereocenters. The van der Waals surface area contributed by atoms with Gasteiger partial charge in [0.05, 0.1) is 11.4 Å². The number of fused-ring (bicyclic) bond motifs is 6. The van der Waals surface area contributed by atoms with Gasteiger partial charge in [-0.25, -0.2) is 0 Å². The summed E-state index contributed by atoms with van der Waals surface area (Å²) >= 11 is 0. The van der Waals surface area contributed by atoms with Gasteiger partial charge >= 0.3 is 0 Å². The summed E-state index contributed by atoms with van der Waals surface area (Å²) in [6.45, 7) is 4.69. The maximum atomic E-state index is 6.79. The van der Waals surface area contributed by atoms with E-state index in [-0.39, 0.29) is 5.41 Å². The van der Waals surface area contributed by atoms with Gasteiger partial charge in [-0.05, 0) is 75.3 Å². The lowest BCUT2D eigenvalue weighted by Crippen LogP contribution is -2.17. The molecular formula is C45H33NO. The highest BCUT2D eigenvalue weighted by Gasteiger charge is 2.36. The predicted molar refractivity (Wildman–Crippen MR) is 197 cm³/mol. The number of rotatable bonds is 5. The number of anilines is 3. The number of para-hydroxylation sites is 2. The molecule has 0 aliphatic heterocycles. The van der Waals surface area contributed by atoms with E-state index in [1.807, 2.05) is 6.07 Å². The average molecular weight is 604 g/mol. The minimum absolute atomic E-state index is 0.132. The average Bonchev–Trinajstić information content (AvgIpc) is 3.61. The number of hydrogen-bond donors (Lipinski definition) is 0. The molecule has 0 atom stereocenters. The normalized spacial score (nSPS) is 13.1. The largest absolute Gasteiger partial charge is 0.454 e. The lowest BCUT2D eigenvalue weighted by molar-refractivity contribution is 0.660. The molecule has 224 valence electrons. The third kappa shape index (κ3) is 4.33. The quantitative estimate of drug-likeness (QED) is 0.195. The topological polar surface area (TPSA) is 16.4 Å². The molecule has 7 aromatic carbocycles. The maximum absolute atomic E-state index is 6.79. The summed E-state index contributed by atoms with van der Waals surface area (Å²) < 4.78 is 6.79. The molecule has 8 aromatic rings. The molecule has 0 bridgehead atoms. The van der Waals surface area contributed by atoms with E-state index in [2.05, 4.69) is 176 Å². The molecule has 47 heavy (non-hydrogen) atoms. The summed E-state index contributed by atoms with van der Waals surface area (Å²) in [6, 6.07) is 58.8. The molecule has 2 heteroatoms. The van der Waals surface area contributed by atoms with Crippen LogP contribution in [0.2, 0.25) is 0 Å². The van der Waals surface area contributed by atoms with Gasteiger partial charge in [0.2, 0.25) is 0 Å². The summed E-state index contributed by atoms with van der Waals surface area (Å²) in [5.41, 5.74) is 14.8. The van der Waals surface area contributed by atoms with Gasteiger partial charge in [-0.2, -0.15) is 0 Å². The monoisotopic (exact) mass is 603 g/mol. The van der Waals surface area contributed by atoms with E-state index >= 15 is 0 Å². The first kappa shape index (κ1) is 27.5. The molecule has 0 saturated carbocycles. The second-order valence-corrected chi connectivity index (χ2v) is 13.0. The first-order valence-corrected chi connectivity index (χ1v) is 16.3. The van der Waals surface area contributed by atoms with E-state index in [0.29, 0.717) is 0 Å². The number of hydrogen-bond acceptors (Lipinski definition) is 2. The molecule has 2 nitrogen and oxygen atoms in total. The molecule has 1 aliphatic rings. The maximum Gasteiger partial charge on any atom is 0.159 e. The first-order valence-electron chi connectivity index (χ1n) is 16.3. The van der Waals surface area contributed by atoms with E-state index < -0.39 is 0 Å². The van der Waals surface area contributed by atoms with Crippen molar-refractivity contribution >= 4 is 39.0 Å². The third-order valence-corrected chi connectivity index (χ3v) is 9.86. The van der Waals surface area contributed by atoms with Crippen LogP contribution >= 0.6 is 0 Å². The second-order valence-electron chi connectivity index (χ2n) is 13.0. The van der Waals surface area contributed by atoms with Crippen molar-refractivity contribution in [3.8, 4) is 33.4 Å². The number of nitrogens with zero attached hydrogens (tertiary/aromatic N) is 1. The zero-order valence-corrected chi connectivity index (χ0v) is 26.4. The highest BCUT2D eigenvalue weighted by atomic mass is 16.3. The molecule has 0 saturated heterocycles. The Balaban J connectivity index is 1.37. The van der Waals surface area contributed by atoms with Crippen molar-refractivity contribution in [1.82, 2.24) is 0 Å². The predicted octanol–water partition coefficient (Wildman–Crippen LogP) is 12.7. The van der Waals surface area contributed by atoms with E-state index in [1.54, 1.807) is 0 Å². The van der Waals surface area contributed by atoms with Gasteiger partial charge in [0, 0.05) is 27.4 Å². The fraction of sp³-hybridized carbons (Fsp3) is 0.0667. The van der Waals surface area contributed by atoms with E-state index in [4.69, 9.17) is 4.42 Å². The molecule has 9 rings (SSSR count). The fourth-order valence-corrected chi connectivity index (χ4v) is 7.54. The second kappa shape index (κ2) is 10.6. The van der Waals surface area contributed by atoms with Crippen LogP contribution in [0, 0.1) is 0 Å². The lowest BCUT2D eigenvalue weighted by atomic mass is 9.82. The van der Waals surface area contributed by atoms with E-state index in [0.717, 1.165) is 50.1 Å². The zero-order valence-electron chi connectivity index (χ0n) is 26.4. The van der Waals surface area contributed by atoms with Crippen molar-refractivity contribution in [3.05, 3.63) is 175 Å². The SMILES string of the molecule is CC1(C)c2ccccc2-c2ccc(N(c3ccccc3-c3ccccc3)c3cc(-c4ccccc4)cc4c3oc3ccccc34)cc21. The molecule has 1 aromatic heterocycles. The van der Waals surface area contributed by atoms with Crippen molar-refractivity contribution in [2.75, 3.05) is 4.90 Å². The fourth-order valence-electron chi connectivity index (χ4n) is 7.54. The Kier molecular flexibility index (Phi) is 6.20. The van der Waals surface area contributed by atoms with Crippen LogP contribution in [0.25, 0.3) is 55.3 Å². The van der Waals surface area contributed by atoms with E-state index in [1.165, 1.54) is 33.4 Å². The van der Waals surface area contributed by atoms with Crippen LogP contribution in [-0.4, -0.2) is 0 Å². The minimum atomic E-state index is -0.132. The molecule has 0 radical (unpaired) electrons. The van der Waals surface area contributed by atoms with Crippen LogP contribution in [0.4, 0.5) is 17.1 Å². The van der Waals surface area contributed by atoms with Crippen molar-refractivity contribution in [1.29, 1.82) is 0 Å². The smallest absolute Gasteiger partial charge is 0.159 e. The van der Waals surface area contributed by atoms with Crippen molar-refractivity contribution < 1.29 is 4.42 Å². The Labute approximate surface area is 275 Å². The van der Waals surface area contributed by atoms with Gasteiger partial charge in [0.1, 0.15) is 5.58 Å². The molecule has 1 heterocycles. The zero-order chi connectivity index (χ0) is 31.5. The van der Waals surface area contributed by atoms with Gasteiger partial charge in [0.25, 0.3) is 0 Å². The standard InChI is InChI=1S/C45H33NO/c1-45(2)39-22-12-9-20-35(39)36-26-25-33(29-40(36)45)46(41-23-13-10-19-34(41)31-17-7-4-8-18-31)42-28-32(30-15-5-3-6-16-30)27-38-37-21-11-14-24-43(37)47-44(38)42/h3-29H,1-2H3. The first-order chi connectivity index (χ1) is 23.1. The molecule has 0 spiro atoms. The van der Waals surface area contributed by atoms with Gasteiger partial charge in [0.15, 0.2) is 5.58 Å². The number of furan rings is 1. The lowest BCUT2D eigenvalue weighted by Gasteiger charge is -2.30.